The summed E-state index contributed by atoms with van der Waals surface area (Å²) in [4.78, 5) is 24.9. The van der Waals surface area contributed by atoms with Gasteiger partial charge in [-0.3, -0.25) is 4.79 Å². The second kappa shape index (κ2) is 7.25. The highest BCUT2D eigenvalue weighted by atomic mass is 35.5. The molecule has 26 heavy (non-hydrogen) atoms. The van der Waals surface area contributed by atoms with Crippen LogP contribution in [0, 0.1) is 12.8 Å². The molecule has 2 heterocycles. The molecule has 1 N–H and O–H groups in total. The Morgan fingerprint density at radius 3 is 2.69 bits per heavy atom. The standard InChI is InChI=1S/C17H17ClN2O6/c1-8(2)14(16(21)19-13-4-9(3)26-20-13)25-17(22)10-5-11(18)15-12(6-10)23-7-24-15/h4-6,8,14H,7H2,1-3H3,(H,19,20,21). The number of carbonyl (C=O) groups excluding carboxylic acids is 2. The van der Waals surface area contributed by atoms with E-state index in [2.05, 4.69) is 10.5 Å². The van der Waals surface area contributed by atoms with Gasteiger partial charge in [-0.15, -0.1) is 0 Å². The molecule has 0 saturated carbocycles. The minimum atomic E-state index is -1.02. The number of amides is 1. The van der Waals surface area contributed by atoms with Gasteiger partial charge in [0, 0.05) is 6.07 Å². The number of aromatic nitrogens is 1. The van der Waals surface area contributed by atoms with E-state index >= 15 is 0 Å². The Morgan fingerprint density at radius 1 is 1.27 bits per heavy atom. The first-order chi connectivity index (χ1) is 12.3. The fourth-order valence-corrected chi connectivity index (χ4v) is 2.65. The maximum Gasteiger partial charge on any atom is 0.339 e. The van der Waals surface area contributed by atoms with Gasteiger partial charge in [-0.1, -0.05) is 30.6 Å². The van der Waals surface area contributed by atoms with E-state index < -0.39 is 18.0 Å². The van der Waals surface area contributed by atoms with Gasteiger partial charge in [0.05, 0.1) is 10.6 Å². The molecule has 0 saturated heterocycles. The summed E-state index contributed by atoms with van der Waals surface area (Å²) in [6.45, 7) is 5.25. The van der Waals surface area contributed by atoms with Crippen LogP contribution in [0.4, 0.5) is 5.82 Å². The Morgan fingerprint density at radius 2 is 2.04 bits per heavy atom. The summed E-state index contributed by atoms with van der Waals surface area (Å²) in [5.74, 6) is 0.0601. The molecule has 1 amide bonds. The summed E-state index contributed by atoms with van der Waals surface area (Å²) in [6, 6.07) is 4.44. The number of rotatable bonds is 5. The van der Waals surface area contributed by atoms with Crippen molar-refractivity contribution in [2.45, 2.75) is 26.9 Å². The molecule has 0 bridgehead atoms. The Bertz CT molecular complexity index is 848. The highest BCUT2D eigenvalue weighted by molar-refractivity contribution is 6.32. The molecule has 138 valence electrons. The third-order valence-electron chi connectivity index (χ3n) is 3.64. The van der Waals surface area contributed by atoms with Crippen LogP contribution in [0.5, 0.6) is 11.5 Å². The number of hydrogen-bond acceptors (Lipinski definition) is 7. The van der Waals surface area contributed by atoms with Crippen LogP contribution in [0.3, 0.4) is 0 Å². The van der Waals surface area contributed by atoms with Crippen molar-refractivity contribution in [2.75, 3.05) is 12.1 Å². The first-order valence-corrected chi connectivity index (χ1v) is 8.27. The van der Waals surface area contributed by atoms with Gasteiger partial charge >= 0.3 is 5.97 Å². The molecule has 3 rings (SSSR count). The van der Waals surface area contributed by atoms with Crippen molar-refractivity contribution in [3.05, 3.63) is 34.5 Å². The zero-order valence-electron chi connectivity index (χ0n) is 14.4. The molecule has 1 aliphatic rings. The van der Waals surface area contributed by atoms with Gasteiger partial charge in [-0.25, -0.2) is 4.79 Å². The zero-order valence-corrected chi connectivity index (χ0v) is 15.1. The number of esters is 1. The van der Waals surface area contributed by atoms with Crippen LogP contribution < -0.4 is 14.8 Å². The lowest BCUT2D eigenvalue weighted by Gasteiger charge is -2.20. The van der Waals surface area contributed by atoms with Gasteiger partial charge in [0.1, 0.15) is 5.76 Å². The molecule has 9 heteroatoms. The van der Waals surface area contributed by atoms with E-state index in [1.165, 1.54) is 12.1 Å². The number of nitrogens with zero attached hydrogens (tertiary/aromatic N) is 1. The number of halogens is 1. The lowest BCUT2D eigenvalue weighted by atomic mass is 10.1. The Hall–Kier alpha value is -2.74. The average molecular weight is 381 g/mol. The van der Waals surface area contributed by atoms with E-state index in [1.807, 2.05) is 0 Å². The van der Waals surface area contributed by atoms with Gasteiger partial charge in [0.2, 0.25) is 6.79 Å². The lowest BCUT2D eigenvalue weighted by Crippen LogP contribution is -2.36. The number of benzene rings is 1. The number of ether oxygens (including phenoxy) is 3. The normalized spacial score (nSPS) is 13.6. The molecule has 0 aliphatic carbocycles. The van der Waals surface area contributed by atoms with Crippen LogP contribution in [-0.4, -0.2) is 29.9 Å². The van der Waals surface area contributed by atoms with E-state index in [4.69, 9.17) is 30.3 Å². The van der Waals surface area contributed by atoms with Gasteiger partial charge in [0.25, 0.3) is 5.91 Å². The first kappa shape index (κ1) is 18.1. The summed E-state index contributed by atoms with van der Waals surface area (Å²) in [5, 5.41) is 6.48. The molecule has 1 atom stereocenters. The van der Waals surface area contributed by atoms with E-state index in [1.54, 1.807) is 26.8 Å². The number of fused-ring (bicyclic) bond motifs is 1. The molecular formula is C17H17ClN2O6. The molecule has 0 spiro atoms. The fraction of sp³-hybridized carbons (Fsp3) is 0.353. The van der Waals surface area contributed by atoms with Crippen molar-refractivity contribution < 1.29 is 28.3 Å². The van der Waals surface area contributed by atoms with E-state index in [-0.39, 0.29) is 29.1 Å². The van der Waals surface area contributed by atoms with Gasteiger partial charge in [0.15, 0.2) is 23.4 Å². The van der Waals surface area contributed by atoms with Crippen molar-refractivity contribution in [3.8, 4) is 11.5 Å². The van der Waals surface area contributed by atoms with Crippen molar-refractivity contribution in [2.24, 2.45) is 5.92 Å². The van der Waals surface area contributed by atoms with Crippen LogP contribution in [0.2, 0.25) is 5.02 Å². The Kier molecular flexibility index (Phi) is 5.03. The number of anilines is 1. The number of aryl methyl sites for hydroxylation is 1. The predicted molar refractivity (Wildman–Crippen MR) is 91.5 cm³/mol. The smallest absolute Gasteiger partial charge is 0.339 e. The van der Waals surface area contributed by atoms with E-state index in [9.17, 15) is 9.59 Å². The van der Waals surface area contributed by atoms with Crippen LogP contribution in [-0.2, 0) is 9.53 Å². The third-order valence-corrected chi connectivity index (χ3v) is 3.92. The highest BCUT2D eigenvalue weighted by Gasteiger charge is 2.29. The van der Waals surface area contributed by atoms with Gasteiger partial charge in [-0.05, 0) is 25.0 Å². The maximum atomic E-state index is 12.5. The van der Waals surface area contributed by atoms with Crippen LogP contribution in [0.1, 0.15) is 30.0 Å². The lowest BCUT2D eigenvalue weighted by molar-refractivity contribution is -0.126. The molecule has 8 nitrogen and oxygen atoms in total. The van der Waals surface area contributed by atoms with Gasteiger partial charge in [-0.2, -0.15) is 0 Å². The van der Waals surface area contributed by atoms with Gasteiger partial charge < -0.3 is 24.1 Å². The summed E-state index contributed by atoms with van der Waals surface area (Å²) in [6.07, 6.45) is -1.02. The quantitative estimate of drug-likeness (QED) is 0.795. The zero-order chi connectivity index (χ0) is 18.8. The molecule has 2 aromatic rings. The number of hydrogen-bond donors (Lipinski definition) is 1. The second-order valence-electron chi connectivity index (χ2n) is 6.07. The molecule has 1 aromatic carbocycles. The molecule has 0 radical (unpaired) electrons. The minimum absolute atomic E-state index is 0.0295. The topological polar surface area (TPSA) is 99.9 Å². The van der Waals surface area contributed by atoms with Crippen molar-refractivity contribution in [1.82, 2.24) is 5.16 Å². The second-order valence-corrected chi connectivity index (χ2v) is 6.48. The average Bonchev–Trinajstić information content (AvgIpc) is 3.20. The highest BCUT2D eigenvalue weighted by Crippen LogP contribution is 2.40. The van der Waals surface area contributed by atoms with Crippen molar-refractivity contribution in [3.63, 3.8) is 0 Å². The van der Waals surface area contributed by atoms with Crippen LogP contribution >= 0.6 is 11.6 Å². The van der Waals surface area contributed by atoms with Crippen LogP contribution in [0.15, 0.2) is 22.7 Å². The summed E-state index contributed by atoms with van der Waals surface area (Å²) < 4.78 is 20.7. The Balaban J connectivity index is 1.74. The fourth-order valence-electron chi connectivity index (χ4n) is 2.38. The molecule has 1 aliphatic heterocycles. The monoisotopic (exact) mass is 380 g/mol. The van der Waals surface area contributed by atoms with E-state index in [0.717, 1.165) is 0 Å². The molecule has 0 fully saturated rings. The van der Waals surface area contributed by atoms with E-state index in [0.29, 0.717) is 17.3 Å². The number of nitrogens with one attached hydrogen (secondary N) is 1. The Labute approximate surface area is 154 Å². The summed E-state index contributed by atoms with van der Waals surface area (Å²) in [7, 11) is 0. The SMILES string of the molecule is Cc1cc(NC(=O)C(OC(=O)c2cc(Cl)c3c(c2)OCO3)C(C)C)no1. The van der Waals surface area contributed by atoms with Crippen molar-refractivity contribution >= 4 is 29.3 Å². The third kappa shape index (κ3) is 3.75. The minimum Gasteiger partial charge on any atom is -0.454 e. The predicted octanol–water partition coefficient (Wildman–Crippen LogP) is 3.19. The summed E-state index contributed by atoms with van der Waals surface area (Å²) >= 11 is 6.08. The molecule has 1 aromatic heterocycles. The maximum absolute atomic E-state index is 12.5. The van der Waals surface area contributed by atoms with Crippen LogP contribution in [0.25, 0.3) is 0 Å². The molecule has 1 unspecified atom stereocenters. The summed E-state index contributed by atoms with van der Waals surface area (Å²) in [5.41, 5.74) is 0.162. The number of carbonyl (C=O) groups is 2. The first-order valence-electron chi connectivity index (χ1n) is 7.89. The largest absolute Gasteiger partial charge is 0.454 e. The molecular weight excluding hydrogens is 364 g/mol. The van der Waals surface area contributed by atoms with Crippen molar-refractivity contribution in [1.29, 1.82) is 0 Å².